The molecule has 2 heterocycles. The number of hydrogen-bond donors (Lipinski definition) is 1. The number of aromatic nitrogens is 2. The minimum absolute atomic E-state index is 0.180. The van der Waals surface area contributed by atoms with Gasteiger partial charge in [0.25, 0.3) is 5.91 Å². The van der Waals surface area contributed by atoms with E-state index < -0.39 is 29.5 Å². The molecule has 1 amide bonds. The summed E-state index contributed by atoms with van der Waals surface area (Å²) in [5, 5.41) is 12.0. The van der Waals surface area contributed by atoms with Crippen LogP contribution in [-0.2, 0) is 6.18 Å². The Morgan fingerprint density at radius 2 is 1.71 bits per heavy atom. The number of hydrogen-bond acceptors (Lipinski definition) is 5. The highest BCUT2D eigenvalue weighted by atomic mass is 19.4. The first-order valence-electron chi connectivity index (χ1n) is 9.10. The van der Waals surface area contributed by atoms with E-state index in [9.17, 15) is 26.7 Å². The van der Waals surface area contributed by atoms with Crippen molar-refractivity contribution in [1.29, 1.82) is 0 Å². The average molecular weight is 441 g/mol. The minimum atomic E-state index is -4.78. The molecule has 0 bridgehead atoms. The maximum absolute atomic E-state index is 13.3. The number of rotatable bonds is 2. The van der Waals surface area contributed by atoms with Crippen LogP contribution in [-0.4, -0.2) is 39.1 Å². The fourth-order valence-electron chi connectivity index (χ4n) is 2.86. The summed E-state index contributed by atoms with van der Waals surface area (Å²) in [6, 6.07) is 9.03. The summed E-state index contributed by atoms with van der Waals surface area (Å²) in [6.07, 6.45) is -2.72. The maximum Gasteiger partial charge on any atom is 0.471 e. The largest absolute Gasteiger partial charge is 0.508 e. The van der Waals surface area contributed by atoms with Gasteiger partial charge in [-0.05, 0) is 37.1 Å². The summed E-state index contributed by atoms with van der Waals surface area (Å²) < 4.78 is 66.9. The van der Waals surface area contributed by atoms with E-state index >= 15 is 0 Å². The molecule has 0 atom stereocenters. The van der Waals surface area contributed by atoms with Crippen LogP contribution >= 0.6 is 0 Å². The number of likely N-dealkylation sites (tertiary alicyclic amines) is 1. The van der Waals surface area contributed by atoms with Crippen LogP contribution in [0.5, 0.6) is 5.75 Å². The second kappa shape index (κ2) is 9.11. The Hall–Kier alpha value is -3.50. The van der Waals surface area contributed by atoms with Gasteiger partial charge in [0.15, 0.2) is 0 Å². The molecular formula is C20H16F5N3O3. The molecule has 1 aromatic heterocycles. The maximum atomic E-state index is 13.3. The smallest absolute Gasteiger partial charge is 0.471 e. The van der Waals surface area contributed by atoms with Crippen LogP contribution in [0.1, 0.15) is 29.1 Å². The Labute approximate surface area is 172 Å². The van der Waals surface area contributed by atoms with Crippen molar-refractivity contribution >= 4 is 5.91 Å². The van der Waals surface area contributed by atoms with E-state index in [2.05, 4.69) is 14.7 Å². The van der Waals surface area contributed by atoms with Crippen LogP contribution in [0.15, 0.2) is 47.0 Å². The van der Waals surface area contributed by atoms with Crippen molar-refractivity contribution < 1.29 is 36.4 Å². The van der Waals surface area contributed by atoms with E-state index in [0.29, 0.717) is 0 Å². The third-order valence-corrected chi connectivity index (χ3v) is 4.36. The van der Waals surface area contributed by atoms with Gasteiger partial charge >= 0.3 is 12.1 Å². The number of halogens is 5. The van der Waals surface area contributed by atoms with E-state index in [0.717, 1.165) is 44.1 Å². The predicted molar refractivity (Wildman–Crippen MR) is 97.9 cm³/mol. The number of alkyl halides is 3. The zero-order valence-corrected chi connectivity index (χ0v) is 15.9. The van der Waals surface area contributed by atoms with Crippen molar-refractivity contribution in [3.63, 3.8) is 0 Å². The van der Waals surface area contributed by atoms with Crippen molar-refractivity contribution in [3.8, 4) is 17.1 Å². The van der Waals surface area contributed by atoms with E-state index in [1.807, 2.05) is 0 Å². The summed E-state index contributed by atoms with van der Waals surface area (Å²) in [5.74, 6) is -4.00. The van der Waals surface area contributed by atoms with Gasteiger partial charge in [-0.2, -0.15) is 18.2 Å². The molecule has 1 saturated heterocycles. The van der Waals surface area contributed by atoms with Crippen molar-refractivity contribution in [2.45, 2.75) is 19.0 Å². The average Bonchev–Trinajstić information content (AvgIpc) is 3.40. The van der Waals surface area contributed by atoms with E-state index in [1.165, 1.54) is 12.1 Å². The first-order chi connectivity index (χ1) is 14.7. The highest BCUT2D eigenvalue weighted by Gasteiger charge is 2.38. The molecule has 1 aliphatic rings. The van der Waals surface area contributed by atoms with Crippen LogP contribution in [0.4, 0.5) is 22.0 Å². The number of carbonyl (C=O) groups excluding carboxylic acids is 1. The van der Waals surface area contributed by atoms with Crippen molar-refractivity contribution in [3.05, 3.63) is 65.6 Å². The number of phenolic OH excluding ortho intramolecular Hbond substituents is 1. The molecule has 3 aromatic rings. The highest BCUT2D eigenvalue weighted by Crippen LogP contribution is 2.30. The topological polar surface area (TPSA) is 79.5 Å². The summed E-state index contributed by atoms with van der Waals surface area (Å²) >= 11 is 0. The number of carbonyl (C=O) groups is 1. The molecule has 2 aromatic carbocycles. The lowest BCUT2D eigenvalue weighted by Gasteiger charge is -2.15. The molecule has 6 nitrogen and oxygen atoms in total. The minimum Gasteiger partial charge on any atom is -0.508 e. The van der Waals surface area contributed by atoms with E-state index in [-0.39, 0.29) is 22.8 Å². The Kier molecular flexibility index (Phi) is 6.52. The van der Waals surface area contributed by atoms with Crippen LogP contribution in [0, 0.1) is 11.6 Å². The molecule has 31 heavy (non-hydrogen) atoms. The molecule has 164 valence electrons. The Morgan fingerprint density at radius 1 is 1.03 bits per heavy atom. The van der Waals surface area contributed by atoms with Gasteiger partial charge < -0.3 is 14.5 Å². The summed E-state index contributed by atoms with van der Waals surface area (Å²) in [7, 11) is 0. The van der Waals surface area contributed by atoms with Gasteiger partial charge in [0.1, 0.15) is 17.4 Å². The van der Waals surface area contributed by atoms with Crippen LogP contribution in [0.3, 0.4) is 0 Å². The number of aromatic hydroxyl groups is 1. The third kappa shape index (κ3) is 5.36. The predicted octanol–water partition coefficient (Wildman–Crippen LogP) is 4.66. The molecule has 1 aliphatic heterocycles. The molecule has 0 spiro atoms. The van der Waals surface area contributed by atoms with Gasteiger partial charge in [-0.15, -0.1) is 0 Å². The fourth-order valence-corrected chi connectivity index (χ4v) is 2.86. The number of nitrogens with zero attached hydrogens (tertiary/aromatic N) is 3. The normalized spacial score (nSPS) is 13.6. The third-order valence-electron chi connectivity index (χ3n) is 4.36. The number of benzene rings is 2. The Bertz CT molecular complexity index is 1060. The fraction of sp³-hybridized carbons (Fsp3) is 0.250. The highest BCUT2D eigenvalue weighted by molar-refractivity contribution is 5.94. The molecule has 0 saturated carbocycles. The standard InChI is InChI=1S/C11H12FNO.C9H4F4N2O2/c12-10-6-2-1-5-9(10)11(14)13-7-3-4-8-13;10-6-3-4(16)1-2-5(6)7-14-8(17-15-7)9(11,12)13/h1-2,5-6H,3-4,7-8H2;1-3,16H. The molecule has 0 unspecified atom stereocenters. The van der Waals surface area contributed by atoms with Gasteiger partial charge in [0, 0.05) is 19.2 Å². The Balaban J connectivity index is 0.000000179. The molecule has 0 radical (unpaired) electrons. The lowest BCUT2D eigenvalue weighted by molar-refractivity contribution is -0.159. The molecule has 1 fully saturated rings. The lowest BCUT2D eigenvalue weighted by atomic mass is 10.2. The second-order valence-corrected chi connectivity index (χ2v) is 6.56. The van der Waals surface area contributed by atoms with Crippen molar-refractivity contribution in [2.24, 2.45) is 0 Å². The summed E-state index contributed by atoms with van der Waals surface area (Å²) in [6.45, 7) is 1.51. The summed E-state index contributed by atoms with van der Waals surface area (Å²) in [4.78, 5) is 16.5. The molecule has 0 aliphatic carbocycles. The van der Waals surface area contributed by atoms with Gasteiger partial charge in [0.05, 0.1) is 11.1 Å². The lowest BCUT2D eigenvalue weighted by Crippen LogP contribution is -2.28. The Morgan fingerprint density at radius 3 is 2.29 bits per heavy atom. The number of amides is 1. The van der Waals surface area contributed by atoms with Crippen molar-refractivity contribution in [2.75, 3.05) is 13.1 Å². The first-order valence-corrected chi connectivity index (χ1v) is 9.10. The van der Waals surface area contributed by atoms with Gasteiger partial charge in [-0.25, -0.2) is 8.78 Å². The zero-order chi connectivity index (χ0) is 22.6. The van der Waals surface area contributed by atoms with E-state index in [1.54, 1.807) is 17.0 Å². The van der Waals surface area contributed by atoms with Gasteiger partial charge in [-0.3, -0.25) is 4.79 Å². The second-order valence-electron chi connectivity index (χ2n) is 6.56. The summed E-state index contributed by atoms with van der Waals surface area (Å²) in [5.41, 5.74) is -0.101. The molecule has 11 heteroatoms. The number of phenols is 1. The van der Waals surface area contributed by atoms with E-state index in [4.69, 9.17) is 5.11 Å². The molecule has 4 rings (SSSR count). The molecule has 1 N–H and O–H groups in total. The monoisotopic (exact) mass is 441 g/mol. The molecular weight excluding hydrogens is 425 g/mol. The SMILES string of the molecule is O=C(c1ccccc1F)N1CCCC1.Oc1ccc(-c2noc(C(F)(F)F)n2)c(F)c1. The van der Waals surface area contributed by atoms with Crippen LogP contribution in [0.2, 0.25) is 0 Å². The van der Waals surface area contributed by atoms with Crippen molar-refractivity contribution in [1.82, 2.24) is 15.0 Å². The van der Waals surface area contributed by atoms with Crippen LogP contribution < -0.4 is 0 Å². The first kappa shape index (κ1) is 22.2. The van der Waals surface area contributed by atoms with Gasteiger partial charge in [0.2, 0.25) is 5.82 Å². The van der Waals surface area contributed by atoms with Crippen LogP contribution in [0.25, 0.3) is 11.4 Å². The van der Waals surface area contributed by atoms with Gasteiger partial charge in [-0.1, -0.05) is 17.3 Å². The zero-order valence-electron chi connectivity index (χ0n) is 15.9. The quantitative estimate of drug-likeness (QED) is 0.585.